The van der Waals surface area contributed by atoms with Gasteiger partial charge in [-0.2, -0.15) is 0 Å². The molecule has 0 saturated carbocycles. The van der Waals surface area contributed by atoms with Crippen LogP contribution < -0.4 is 15.8 Å². The average molecular weight is 274 g/mol. The topological polar surface area (TPSA) is 73.1 Å². The molecule has 5 nitrogen and oxygen atoms in total. The molecule has 0 saturated heterocycles. The predicted molar refractivity (Wildman–Crippen MR) is 78.2 cm³/mol. The zero-order valence-corrected chi connectivity index (χ0v) is 11.3. The normalized spacial score (nSPS) is 9.95. The third-order valence-electron chi connectivity index (χ3n) is 2.52. The number of methoxy groups -OCH3 is 1. The van der Waals surface area contributed by atoms with E-state index >= 15 is 0 Å². The molecule has 2 rings (SSSR count). The van der Waals surface area contributed by atoms with E-state index in [9.17, 15) is 0 Å². The number of aromatic nitrogens is 2. The lowest BCUT2D eigenvalue weighted by Gasteiger charge is -2.07. The summed E-state index contributed by atoms with van der Waals surface area (Å²) >= 11 is 4.84. The number of nitrogens with two attached hydrogens (primary N) is 1. The molecule has 0 amide bonds. The van der Waals surface area contributed by atoms with Gasteiger partial charge in [-0.05, 0) is 17.7 Å². The lowest BCUT2D eigenvalue weighted by atomic mass is 10.2. The van der Waals surface area contributed by atoms with Crippen LogP contribution in [0.15, 0.2) is 36.7 Å². The zero-order chi connectivity index (χ0) is 13.7. The molecule has 0 aliphatic carbocycles. The van der Waals surface area contributed by atoms with Crippen LogP contribution in [0.1, 0.15) is 11.3 Å². The Labute approximate surface area is 116 Å². The lowest BCUT2D eigenvalue weighted by Crippen LogP contribution is -2.11. The van der Waals surface area contributed by atoms with E-state index in [0.717, 1.165) is 11.3 Å². The minimum atomic E-state index is 0.297. The monoisotopic (exact) mass is 274 g/mol. The molecule has 0 aliphatic rings. The summed E-state index contributed by atoms with van der Waals surface area (Å²) in [5, 5.41) is 3.24. The molecule has 98 valence electrons. The van der Waals surface area contributed by atoms with Gasteiger partial charge in [-0.15, -0.1) is 0 Å². The van der Waals surface area contributed by atoms with E-state index in [-0.39, 0.29) is 0 Å². The third kappa shape index (κ3) is 3.62. The van der Waals surface area contributed by atoms with Gasteiger partial charge < -0.3 is 15.8 Å². The molecule has 6 heteroatoms. The van der Waals surface area contributed by atoms with Crippen molar-refractivity contribution >= 4 is 22.9 Å². The Morgan fingerprint density at radius 1 is 1.26 bits per heavy atom. The Morgan fingerprint density at radius 2 is 2.11 bits per heavy atom. The summed E-state index contributed by atoms with van der Waals surface area (Å²) in [5.74, 6) is 0.603. The van der Waals surface area contributed by atoms with Gasteiger partial charge in [0.2, 0.25) is 5.88 Å². The van der Waals surface area contributed by atoms with Crippen molar-refractivity contribution in [3.05, 3.63) is 47.9 Å². The van der Waals surface area contributed by atoms with Crippen molar-refractivity contribution < 1.29 is 4.74 Å². The van der Waals surface area contributed by atoms with Gasteiger partial charge in [0.1, 0.15) is 4.99 Å². The number of anilines is 1. The van der Waals surface area contributed by atoms with E-state index in [1.807, 2.05) is 18.2 Å². The minimum Gasteiger partial charge on any atom is -0.481 e. The Bertz CT molecular complexity index is 554. The molecule has 0 aromatic carbocycles. The summed E-state index contributed by atoms with van der Waals surface area (Å²) < 4.78 is 5.00. The van der Waals surface area contributed by atoms with Gasteiger partial charge in [0.25, 0.3) is 0 Å². The van der Waals surface area contributed by atoms with Crippen molar-refractivity contribution in [1.82, 2.24) is 9.97 Å². The molecule has 0 unspecified atom stereocenters. The molecule has 0 aliphatic heterocycles. The number of pyridine rings is 2. The zero-order valence-electron chi connectivity index (χ0n) is 10.5. The van der Waals surface area contributed by atoms with Crippen LogP contribution in [-0.2, 0) is 6.54 Å². The summed E-state index contributed by atoms with van der Waals surface area (Å²) in [6, 6.07) is 7.45. The summed E-state index contributed by atoms with van der Waals surface area (Å²) in [6.45, 7) is 0.658. The van der Waals surface area contributed by atoms with Crippen LogP contribution in [0.4, 0.5) is 5.69 Å². The quantitative estimate of drug-likeness (QED) is 0.809. The van der Waals surface area contributed by atoms with Gasteiger partial charge in [-0.3, -0.25) is 4.98 Å². The fourth-order valence-electron chi connectivity index (χ4n) is 1.48. The second kappa shape index (κ2) is 6.10. The highest BCUT2D eigenvalue weighted by Gasteiger charge is 1.99. The van der Waals surface area contributed by atoms with E-state index < -0.39 is 0 Å². The van der Waals surface area contributed by atoms with Gasteiger partial charge in [-0.25, -0.2) is 4.98 Å². The maximum atomic E-state index is 5.48. The van der Waals surface area contributed by atoms with Crippen LogP contribution in [0.25, 0.3) is 0 Å². The average Bonchev–Trinajstić information content (AvgIpc) is 2.46. The molecule has 2 aromatic heterocycles. The number of nitrogens with one attached hydrogen (secondary N) is 1. The van der Waals surface area contributed by atoms with E-state index in [1.54, 1.807) is 25.6 Å². The Hall–Kier alpha value is -2.21. The molecule has 0 atom stereocenters. The second-order valence-corrected chi connectivity index (χ2v) is 4.30. The van der Waals surface area contributed by atoms with Crippen molar-refractivity contribution in [1.29, 1.82) is 0 Å². The van der Waals surface area contributed by atoms with Crippen LogP contribution in [-0.4, -0.2) is 22.1 Å². The number of thiocarbonyl (C=S) groups is 1. The molecule has 0 radical (unpaired) electrons. The first-order chi connectivity index (χ1) is 9.19. The first-order valence-electron chi connectivity index (χ1n) is 5.67. The van der Waals surface area contributed by atoms with E-state index in [0.29, 0.717) is 23.1 Å². The predicted octanol–water partition coefficient (Wildman–Crippen LogP) is 1.73. The maximum absolute atomic E-state index is 5.48. The van der Waals surface area contributed by atoms with Crippen LogP contribution in [0.5, 0.6) is 5.88 Å². The van der Waals surface area contributed by atoms with Crippen LogP contribution in [0.3, 0.4) is 0 Å². The summed E-state index contributed by atoms with van der Waals surface area (Å²) in [7, 11) is 1.59. The Balaban J connectivity index is 1.95. The fraction of sp³-hybridized carbons (Fsp3) is 0.154. The molecule has 0 spiro atoms. The molecule has 2 aromatic rings. The third-order valence-corrected chi connectivity index (χ3v) is 2.73. The second-order valence-electron chi connectivity index (χ2n) is 3.86. The molecular weight excluding hydrogens is 260 g/mol. The summed E-state index contributed by atoms with van der Waals surface area (Å²) in [6.07, 6.45) is 3.47. The highest BCUT2D eigenvalue weighted by molar-refractivity contribution is 7.80. The van der Waals surface area contributed by atoms with Crippen molar-refractivity contribution in [3.63, 3.8) is 0 Å². The van der Waals surface area contributed by atoms with Crippen molar-refractivity contribution in [2.75, 3.05) is 12.4 Å². The SMILES string of the molecule is COc1ccc(CNc2ccc(C(N)=S)nc2)cn1. The van der Waals surface area contributed by atoms with E-state index in [1.165, 1.54) is 0 Å². The van der Waals surface area contributed by atoms with E-state index in [4.69, 9.17) is 22.7 Å². The smallest absolute Gasteiger partial charge is 0.212 e. The fourth-order valence-corrected chi connectivity index (χ4v) is 1.61. The van der Waals surface area contributed by atoms with E-state index in [2.05, 4.69) is 15.3 Å². The van der Waals surface area contributed by atoms with Gasteiger partial charge in [0.05, 0.1) is 24.7 Å². The van der Waals surface area contributed by atoms with Gasteiger partial charge in [-0.1, -0.05) is 18.3 Å². The molecule has 3 N–H and O–H groups in total. The standard InChI is InChI=1S/C13H14N4OS/c1-18-12-5-2-9(7-17-12)6-15-10-3-4-11(13(14)19)16-8-10/h2-5,7-8,15H,6H2,1H3,(H2,14,19). The summed E-state index contributed by atoms with van der Waals surface area (Å²) in [5.41, 5.74) is 8.06. The van der Waals surface area contributed by atoms with Crippen molar-refractivity contribution in [2.45, 2.75) is 6.54 Å². The number of ether oxygens (including phenoxy) is 1. The minimum absolute atomic E-state index is 0.297. The molecule has 0 bridgehead atoms. The number of hydrogen-bond donors (Lipinski definition) is 2. The first kappa shape index (κ1) is 13.2. The maximum Gasteiger partial charge on any atom is 0.212 e. The van der Waals surface area contributed by atoms with Gasteiger partial charge in [0.15, 0.2) is 0 Å². The Morgan fingerprint density at radius 3 is 2.63 bits per heavy atom. The van der Waals surface area contributed by atoms with Crippen molar-refractivity contribution in [2.24, 2.45) is 5.73 Å². The molecular formula is C13H14N4OS. The largest absolute Gasteiger partial charge is 0.481 e. The molecule has 0 fully saturated rings. The summed E-state index contributed by atoms with van der Waals surface area (Å²) in [4.78, 5) is 8.59. The first-order valence-corrected chi connectivity index (χ1v) is 6.08. The number of rotatable bonds is 5. The number of nitrogens with zero attached hydrogens (tertiary/aromatic N) is 2. The van der Waals surface area contributed by atoms with Crippen LogP contribution in [0.2, 0.25) is 0 Å². The molecule has 19 heavy (non-hydrogen) atoms. The van der Waals surface area contributed by atoms with Crippen LogP contribution in [0, 0.1) is 0 Å². The van der Waals surface area contributed by atoms with Crippen LogP contribution >= 0.6 is 12.2 Å². The van der Waals surface area contributed by atoms with Crippen molar-refractivity contribution in [3.8, 4) is 5.88 Å². The number of hydrogen-bond acceptors (Lipinski definition) is 5. The van der Waals surface area contributed by atoms with Gasteiger partial charge >= 0.3 is 0 Å². The lowest BCUT2D eigenvalue weighted by molar-refractivity contribution is 0.397. The molecule has 2 heterocycles. The van der Waals surface area contributed by atoms with Gasteiger partial charge in [0, 0.05) is 18.8 Å². The highest BCUT2D eigenvalue weighted by Crippen LogP contribution is 2.10. The highest BCUT2D eigenvalue weighted by atomic mass is 32.1. The Kier molecular flexibility index (Phi) is 4.25.